The second-order valence-electron chi connectivity index (χ2n) is 5.89. The SMILES string of the molecule is CCOc1ccc(-n2c(-c3ccccc3)nc3ccccc3c2=O)cc1. The van der Waals surface area contributed by atoms with Crippen LogP contribution in [0, 0.1) is 0 Å². The molecule has 4 rings (SSSR count). The lowest BCUT2D eigenvalue weighted by atomic mass is 10.1. The molecule has 0 atom stereocenters. The summed E-state index contributed by atoms with van der Waals surface area (Å²) in [7, 11) is 0. The van der Waals surface area contributed by atoms with Gasteiger partial charge in [0.05, 0.1) is 23.2 Å². The zero-order valence-electron chi connectivity index (χ0n) is 14.4. The maximum atomic E-state index is 13.2. The van der Waals surface area contributed by atoms with E-state index >= 15 is 0 Å². The monoisotopic (exact) mass is 342 g/mol. The first-order valence-corrected chi connectivity index (χ1v) is 8.58. The maximum Gasteiger partial charge on any atom is 0.266 e. The third-order valence-corrected chi connectivity index (χ3v) is 4.21. The van der Waals surface area contributed by atoms with Gasteiger partial charge in [-0.3, -0.25) is 9.36 Å². The van der Waals surface area contributed by atoms with Crippen LogP contribution in [0.25, 0.3) is 28.0 Å². The highest BCUT2D eigenvalue weighted by Crippen LogP contribution is 2.23. The third kappa shape index (κ3) is 2.86. The van der Waals surface area contributed by atoms with E-state index in [0.717, 1.165) is 17.0 Å². The molecular formula is C22H18N2O2. The van der Waals surface area contributed by atoms with E-state index in [4.69, 9.17) is 9.72 Å². The number of benzene rings is 3. The minimum atomic E-state index is -0.0846. The standard InChI is InChI=1S/C22H18N2O2/c1-2-26-18-14-12-17(13-15-18)24-21(16-8-4-3-5-9-16)23-20-11-7-6-10-19(20)22(24)25/h3-15H,2H2,1H3. The summed E-state index contributed by atoms with van der Waals surface area (Å²) in [4.78, 5) is 18.0. The first-order valence-electron chi connectivity index (χ1n) is 8.58. The molecule has 4 aromatic rings. The Kier molecular flexibility index (Phi) is 4.23. The van der Waals surface area contributed by atoms with Crippen LogP contribution in [0.3, 0.4) is 0 Å². The minimum Gasteiger partial charge on any atom is -0.494 e. The molecule has 0 aliphatic carbocycles. The van der Waals surface area contributed by atoms with Crippen molar-refractivity contribution in [2.24, 2.45) is 0 Å². The van der Waals surface area contributed by atoms with Gasteiger partial charge in [0.1, 0.15) is 11.6 Å². The molecular weight excluding hydrogens is 324 g/mol. The van der Waals surface area contributed by atoms with Gasteiger partial charge in [0.2, 0.25) is 0 Å². The van der Waals surface area contributed by atoms with Crippen molar-refractivity contribution >= 4 is 10.9 Å². The minimum absolute atomic E-state index is 0.0846. The van der Waals surface area contributed by atoms with Crippen LogP contribution >= 0.6 is 0 Å². The molecule has 26 heavy (non-hydrogen) atoms. The molecule has 0 aliphatic heterocycles. The van der Waals surface area contributed by atoms with Crippen LogP contribution in [-0.2, 0) is 0 Å². The Morgan fingerprint density at radius 3 is 2.31 bits per heavy atom. The molecule has 0 spiro atoms. The van der Waals surface area contributed by atoms with Crippen LogP contribution in [0.15, 0.2) is 83.7 Å². The highest BCUT2D eigenvalue weighted by atomic mass is 16.5. The quantitative estimate of drug-likeness (QED) is 0.550. The van der Waals surface area contributed by atoms with Gasteiger partial charge in [0.15, 0.2) is 0 Å². The molecule has 0 fully saturated rings. The lowest BCUT2D eigenvalue weighted by Crippen LogP contribution is -2.21. The van der Waals surface area contributed by atoms with Gasteiger partial charge in [-0.15, -0.1) is 0 Å². The molecule has 0 saturated heterocycles. The van der Waals surface area contributed by atoms with E-state index in [-0.39, 0.29) is 5.56 Å². The predicted molar refractivity (Wildman–Crippen MR) is 104 cm³/mol. The Morgan fingerprint density at radius 1 is 0.885 bits per heavy atom. The van der Waals surface area contributed by atoms with Crippen molar-refractivity contribution in [1.82, 2.24) is 9.55 Å². The Morgan fingerprint density at radius 2 is 1.58 bits per heavy atom. The number of fused-ring (bicyclic) bond motifs is 1. The Balaban J connectivity index is 2.00. The summed E-state index contributed by atoms with van der Waals surface area (Å²) in [5, 5.41) is 0.598. The fourth-order valence-electron chi connectivity index (χ4n) is 3.01. The molecule has 3 aromatic carbocycles. The summed E-state index contributed by atoms with van der Waals surface area (Å²) in [5.74, 6) is 1.40. The molecule has 0 unspecified atom stereocenters. The Hall–Kier alpha value is -3.40. The summed E-state index contributed by atoms with van der Waals surface area (Å²) in [6, 6.07) is 24.7. The highest BCUT2D eigenvalue weighted by molar-refractivity contribution is 5.80. The number of hydrogen-bond donors (Lipinski definition) is 0. The zero-order valence-corrected chi connectivity index (χ0v) is 14.4. The van der Waals surface area contributed by atoms with Crippen molar-refractivity contribution in [1.29, 1.82) is 0 Å². The van der Waals surface area contributed by atoms with Crippen LogP contribution in [-0.4, -0.2) is 16.2 Å². The summed E-state index contributed by atoms with van der Waals surface area (Å²) in [6.45, 7) is 2.55. The fourth-order valence-corrected chi connectivity index (χ4v) is 3.01. The van der Waals surface area contributed by atoms with E-state index in [1.54, 1.807) is 4.57 Å². The molecule has 0 radical (unpaired) electrons. The lowest BCUT2D eigenvalue weighted by molar-refractivity contribution is 0.340. The van der Waals surface area contributed by atoms with Gasteiger partial charge in [-0.2, -0.15) is 0 Å². The molecule has 0 amide bonds. The number of ether oxygens (including phenoxy) is 1. The van der Waals surface area contributed by atoms with E-state index in [9.17, 15) is 4.79 Å². The van der Waals surface area contributed by atoms with Crippen molar-refractivity contribution in [3.63, 3.8) is 0 Å². The lowest BCUT2D eigenvalue weighted by Gasteiger charge is -2.14. The highest BCUT2D eigenvalue weighted by Gasteiger charge is 2.14. The first kappa shape index (κ1) is 16.1. The number of hydrogen-bond acceptors (Lipinski definition) is 3. The molecule has 1 heterocycles. The topological polar surface area (TPSA) is 44.1 Å². The van der Waals surface area contributed by atoms with Gasteiger partial charge >= 0.3 is 0 Å². The molecule has 4 nitrogen and oxygen atoms in total. The third-order valence-electron chi connectivity index (χ3n) is 4.21. The fraction of sp³-hybridized carbons (Fsp3) is 0.0909. The zero-order chi connectivity index (χ0) is 17.9. The van der Waals surface area contributed by atoms with Crippen LogP contribution in [0.4, 0.5) is 0 Å². The molecule has 0 bridgehead atoms. The van der Waals surface area contributed by atoms with Gasteiger partial charge in [-0.05, 0) is 43.3 Å². The predicted octanol–water partition coefficient (Wildman–Crippen LogP) is 4.45. The van der Waals surface area contributed by atoms with Gasteiger partial charge < -0.3 is 4.74 Å². The largest absolute Gasteiger partial charge is 0.494 e. The molecule has 0 N–H and O–H groups in total. The van der Waals surface area contributed by atoms with Crippen molar-refractivity contribution in [2.45, 2.75) is 6.92 Å². The number of rotatable bonds is 4. The summed E-state index contributed by atoms with van der Waals surface area (Å²) in [5.41, 5.74) is 2.26. The van der Waals surface area contributed by atoms with E-state index in [1.807, 2.05) is 85.8 Å². The van der Waals surface area contributed by atoms with Crippen LogP contribution in [0.1, 0.15) is 6.92 Å². The first-order chi connectivity index (χ1) is 12.8. The second kappa shape index (κ2) is 6.84. The van der Waals surface area contributed by atoms with E-state index in [2.05, 4.69) is 0 Å². The Labute approximate surface area is 151 Å². The van der Waals surface area contributed by atoms with E-state index in [0.29, 0.717) is 23.3 Å². The number of para-hydroxylation sites is 1. The van der Waals surface area contributed by atoms with E-state index < -0.39 is 0 Å². The van der Waals surface area contributed by atoms with Gasteiger partial charge in [0, 0.05) is 5.56 Å². The second-order valence-corrected chi connectivity index (χ2v) is 5.89. The number of aromatic nitrogens is 2. The summed E-state index contributed by atoms with van der Waals surface area (Å²) >= 11 is 0. The molecule has 1 aromatic heterocycles. The average Bonchev–Trinajstić information content (AvgIpc) is 2.70. The van der Waals surface area contributed by atoms with Crippen LogP contribution < -0.4 is 10.3 Å². The van der Waals surface area contributed by atoms with Gasteiger partial charge in [-0.25, -0.2) is 4.98 Å². The number of nitrogens with zero attached hydrogens (tertiary/aromatic N) is 2. The average molecular weight is 342 g/mol. The Bertz CT molecular complexity index is 1100. The smallest absolute Gasteiger partial charge is 0.266 e. The normalized spacial score (nSPS) is 10.8. The molecule has 128 valence electrons. The van der Waals surface area contributed by atoms with Crippen LogP contribution in [0.2, 0.25) is 0 Å². The van der Waals surface area contributed by atoms with Gasteiger partial charge in [-0.1, -0.05) is 42.5 Å². The summed E-state index contributed by atoms with van der Waals surface area (Å²) in [6.07, 6.45) is 0. The van der Waals surface area contributed by atoms with Crippen molar-refractivity contribution in [3.8, 4) is 22.8 Å². The van der Waals surface area contributed by atoms with E-state index in [1.165, 1.54) is 0 Å². The van der Waals surface area contributed by atoms with Crippen molar-refractivity contribution in [2.75, 3.05) is 6.61 Å². The summed E-state index contributed by atoms with van der Waals surface area (Å²) < 4.78 is 7.17. The van der Waals surface area contributed by atoms with Gasteiger partial charge in [0.25, 0.3) is 5.56 Å². The molecule has 0 saturated carbocycles. The van der Waals surface area contributed by atoms with Crippen molar-refractivity contribution < 1.29 is 4.74 Å². The maximum absolute atomic E-state index is 13.2. The molecule has 0 aliphatic rings. The van der Waals surface area contributed by atoms with Crippen molar-refractivity contribution in [3.05, 3.63) is 89.2 Å². The van der Waals surface area contributed by atoms with Crippen LogP contribution in [0.5, 0.6) is 5.75 Å². The molecule has 4 heteroatoms.